The lowest BCUT2D eigenvalue weighted by Crippen LogP contribution is -2.42. The monoisotopic (exact) mass is 728 g/mol. The SMILES string of the molecule is Cc1c(C)c2c(c(C)c1OCc1ccccc1)C(CN1CCC[C@H]1COc1ccc(/C=C3\SC(=O)NC3=O)cc1)C(C)(C)O2.O=C(O)/C=C\C(=O)O. The predicted octanol–water partition coefficient (Wildman–Crippen LogP) is 7.02. The van der Waals surface area contributed by atoms with E-state index < -0.39 is 11.9 Å². The van der Waals surface area contributed by atoms with Gasteiger partial charge < -0.3 is 24.4 Å². The highest BCUT2D eigenvalue weighted by molar-refractivity contribution is 8.18. The maximum atomic E-state index is 11.9. The number of carboxylic acid groups (broad SMARTS) is 2. The zero-order valence-corrected chi connectivity index (χ0v) is 30.7. The van der Waals surface area contributed by atoms with Crippen LogP contribution < -0.4 is 19.5 Å². The number of nitrogens with one attached hydrogen (secondary N) is 1. The Bertz CT molecular complexity index is 1870. The molecule has 52 heavy (non-hydrogen) atoms. The molecule has 3 N–H and O–H groups in total. The minimum Gasteiger partial charge on any atom is -0.492 e. The Balaban J connectivity index is 0.000000587. The third-order valence-corrected chi connectivity index (χ3v) is 10.4. The van der Waals surface area contributed by atoms with Gasteiger partial charge in [0.1, 0.15) is 36.1 Å². The summed E-state index contributed by atoms with van der Waals surface area (Å²) < 4.78 is 19.5. The number of carbonyl (C=O) groups is 4. The molecule has 3 aliphatic rings. The van der Waals surface area contributed by atoms with Crippen molar-refractivity contribution in [3.05, 3.63) is 105 Å². The van der Waals surface area contributed by atoms with E-state index in [1.807, 2.05) is 42.5 Å². The number of thioether (sulfide) groups is 1. The largest absolute Gasteiger partial charge is 0.492 e. The van der Waals surface area contributed by atoms with Crippen molar-refractivity contribution in [2.24, 2.45) is 0 Å². The van der Waals surface area contributed by atoms with Gasteiger partial charge in [0.15, 0.2) is 0 Å². The Hall–Kier alpha value is -5.07. The Labute approximate surface area is 307 Å². The van der Waals surface area contributed by atoms with Crippen LogP contribution in [-0.4, -0.2) is 69.5 Å². The molecular formula is C40H44N2O9S. The van der Waals surface area contributed by atoms with Crippen molar-refractivity contribution in [2.45, 2.75) is 71.6 Å². The average Bonchev–Trinajstić information content (AvgIpc) is 3.77. The van der Waals surface area contributed by atoms with Crippen LogP contribution in [0.3, 0.4) is 0 Å². The van der Waals surface area contributed by atoms with Gasteiger partial charge in [0.25, 0.3) is 11.1 Å². The van der Waals surface area contributed by atoms with E-state index in [1.54, 1.807) is 6.08 Å². The van der Waals surface area contributed by atoms with E-state index in [1.165, 1.54) is 11.1 Å². The number of rotatable bonds is 11. The molecule has 1 unspecified atom stereocenters. The molecule has 11 nitrogen and oxygen atoms in total. The fourth-order valence-corrected chi connectivity index (χ4v) is 7.42. The number of hydrogen-bond acceptors (Lipinski definition) is 9. The van der Waals surface area contributed by atoms with Crippen LogP contribution in [0.4, 0.5) is 4.79 Å². The van der Waals surface area contributed by atoms with Gasteiger partial charge >= 0.3 is 11.9 Å². The first-order valence-electron chi connectivity index (χ1n) is 17.1. The maximum absolute atomic E-state index is 11.9. The molecule has 0 bridgehead atoms. The van der Waals surface area contributed by atoms with Crippen LogP contribution in [0.2, 0.25) is 0 Å². The standard InChI is InChI=1S/C36H40N2O5S.C4H4O4/c1-22-23(2)33-31(24(3)32(22)42-20-26-10-7-6-8-11-26)29(36(4,5)43-33)19-38-17-9-12-27(38)21-41-28-15-13-25(14-16-28)18-30-34(39)37-35(40)44-30;5-3(6)1-2-4(7)8/h6-8,10-11,13-16,18,27,29H,9,12,17,19-21H2,1-5H3,(H,37,39,40);1-2H,(H,5,6)(H,7,8)/b30-18-;2-1-/t27-,29?;/m0./s1. The van der Waals surface area contributed by atoms with Crippen molar-refractivity contribution in [1.29, 1.82) is 0 Å². The highest BCUT2D eigenvalue weighted by atomic mass is 32.2. The average molecular weight is 729 g/mol. The summed E-state index contributed by atoms with van der Waals surface area (Å²) >= 11 is 0.922. The van der Waals surface area contributed by atoms with Gasteiger partial charge in [-0.3, -0.25) is 19.8 Å². The van der Waals surface area contributed by atoms with Gasteiger partial charge in [-0.05, 0) is 112 Å². The molecule has 0 aromatic heterocycles. The van der Waals surface area contributed by atoms with E-state index in [4.69, 9.17) is 24.4 Å². The molecular weight excluding hydrogens is 685 g/mol. The number of likely N-dealkylation sites (tertiary alicyclic amines) is 1. The zero-order chi connectivity index (χ0) is 37.6. The van der Waals surface area contributed by atoms with E-state index >= 15 is 0 Å². The number of ether oxygens (including phenoxy) is 3. The normalized spacial score (nSPS) is 19.9. The van der Waals surface area contributed by atoms with Crippen molar-refractivity contribution < 1.29 is 43.6 Å². The van der Waals surface area contributed by atoms with Crippen LogP contribution in [0, 0.1) is 20.8 Å². The number of aliphatic carboxylic acids is 2. The number of fused-ring (bicyclic) bond motifs is 1. The molecule has 6 rings (SSSR count). The van der Waals surface area contributed by atoms with E-state index in [2.05, 4.69) is 57.0 Å². The zero-order valence-electron chi connectivity index (χ0n) is 29.9. The smallest absolute Gasteiger partial charge is 0.328 e. The summed E-state index contributed by atoms with van der Waals surface area (Å²) in [5, 5.41) is 17.6. The third kappa shape index (κ3) is 9.23. The summed E-state index contributed by atoms with van der Waals surface area (Å²) in [5.74, 6) is 0.103. The number of amides is 2. The van der Waals surface area contributed by atoms with Crippen molar-refractivity contribution in [2.75, 3.05) is 19.7 Å². The van der Waals surface area contributed by atoms with E-state index in [-0.39, 0.29) is 22.7 Å². The molecule has 2 amide bonds. The lowest BCUT2D eigenvalue weighted by molar-refractivity contribution is -0.134. The molecule has 3 aromatic rings. The van der Waals surface area contributed by atoms with E-state index in [0.29, 0.717) is 36.3 Å². The van der Waals surface area contributed by atoms with Crippen LogP contribution in [0.15, 0.2) is 71.7 Å². The van der Waals surface area contributed by atoms with Crippen LogP contribution >= 0.6 is 11.8 Å². The predicted molar refractivity (Wildman–Crippen MR) is 199 cm³/mol. The lowest BCUT2D eigenvalue weighted by Gasteiger charge is -2.33. The quantitative estimate of drug-likeness (QED) is 0.175. The number of benzene rings is 3. The Morgan fingerprint density at radius 2 is 1.63 bits per heavy atom. The summed E-state index contributed by atoms with van der Waals surface area (Å²) in [4.78, 5) is 45.4. The number of carboxylic acids is 2. The minimum atomic E-state index is -1.26. The first-order valence-corrected chi connectivity index (χ1v) is 17.9. The summed E-state index contributed by atoms with van der Waals surface area (Å²) in [7, 11) is 0. The summed E-state index contributed by atoms with van der Waals surface area (Å²) in [6.45, 7) is 13.9. The minimum absolute atomic E-state index is 0.196. The molecule has 0 spiro atoms. The van der Waals surface area contributed by atoms with Gasteiger partial charge in [-0.1, -0.05) is 42.5 Å². The van der Waals surface area contributed by atoms with Crippen molar-refractivity contribution in [1.82, 2.24) is 10.2 Å². The Morgan fingerprint density at radius 3 is 2.25 bits per heavy atom. The first kappa shape index (κ1) is 38.2. The molecule has 12 heteroatoms. The van der Waals surface area contributed by atoms with Gasteiger partial charge in [-0.25, -0.2) is 9.59 Å². The highest BCUT2D eigenvalue weighted by Crippen LogP contribution is 2.52. The van der Waals surface area contributed by atoms with E-state index in [9.17, 15) is 19.2 Å². The second kappa shape index (κ2) is 16.5. The number of hydrogen-bond donors (Lipinski definition) is 3. The second-order valence-corrected chi connectivity index (χ2v) is 14.5. The molecule has 3 aromatic carbocycles. The van der Waals surface area contributed by atoms with Gasteiger partial charge in [-0.15, -0.1) is 0 Å². The fourth-order valence-electron chi connectivity index (χ4n) is 6.73. The molecule has 2 saturated heterocycles. The molecule has 2 atom stereocenters. The number of carbonyl (C=O) groups excluding carboxylic acids is 2. The third-order valence-electron chi connectivity index (χ3n) is 9.56. The molecule has 0 saturated carbocycles. The molecule has 3 aliphatic heterocycles. The fraction of sp³-hybridized carbons (Fsp3) is 0.350. The number of nitrogens with zero attached hydrogens (tertiary/aromatic N) is 1. The molecule has 3 heterocycles. The first-order chi connectivity index (χ1) is 24.7. The summed E-state index contributed by atoms with van der Waals surface area (Å²) in [6, 6.07) is 18.3. The van der Waals surface area contributed by atoms with Crippen LogP contribution in [0.25, 0.3) is 6.08 Å². The Morgan fingerprint density at radius 1 is 0.962 bits per heavy atom. The molecule has 0 aliphatic carbocycles. The van der Waals surface area contributed by atoms with Gasteiger partial charge in [-0.2, -0.15) is 0 Å². The van der Waals surface area contributed by atoms with Gasteiger partial charge in [0.05, 0.1) is 4.91 Å². The molecule has 274 valence electrons. The van der Waals surface area contributed by atoms with Crippen LogP contribution in [-0.2, 0) is 21.0 Å². The lowest BCUT2D eigenvalue weighted by atomic mass is 9.82. The number of imide groups is 1. The van der Waals surface area contributed by atoms with Gasteiger partial charge in [0.2, 0.25) is 0 Å². The maximum Gasteiger partial charge on any atom is 0.328 e. The van der Waals surface area contributed by atoms with Crippen molar-refractivity contribution in [3.8, 4) is 17.2 Å². The van der Waals surface area contributed by atoms with Crippen LogP contribution in [0.1, 0.15) is 66.0 Å². The van der Waals surface area contributed by atoms with E-state index in [0.717, 1.165) is 77.2 Å². The summed E-state index contributed by atoms with van der Waals surface area (Å²) in [5.41, 5.74) is 6.40. The van der Waals surface area contributed by atoms with Gasteiger partial charge in [0, 0.05) is 36.2 Å². The molecule has 2 fully saturated rings. The van der Waals surface area contributed by atoms with Crippen LogP contribution in [0.5, 0.6) is 17.2 Å². The second-order valence-electron chi connectivity index (χ2n) is 13.5. The summed E-state index contributed by atoms with van der Waals surface area (Å²) in [6.07, 6.45) is 5.06. The highest BCUT2D eigenvalue weighted by Gasteiger charge is 2.46. The van der Waals surface area contributed by atoms with Crippen molar-refractivity contribution >= 4 is 40.9 Å². The topological polar surface area (TPSA) is 152 Å². The van der Waals surface area contributed by atoms with Crippen molar-refractivity contribution in [3.63, 3.8) is 0 Å². The molecule has 0 radical (unpaired) electrons. The Kier molecular flexibility index (Phi) is 12.1.